The predicted molar refractivity (Wildman–Crippen MR) is 102 cm³/mol. The molecule has 0 aliphatic rings. The minimum atomic E-state index is -1.46. The first kappa shape index (κ1) is 25.5. The molecule has 27 heavy (non-hydrogen) atoms. The van der Waals surface area contributed by atoms with Gasteiger partial charge in [-0.05, 0) is 13.8 Å². The maximum Gasteiger partial charge on any atom is 0.327 e. The smallest absolute Gasteiger partial charge is 0.327 e. The fourth-order valence-electron chi connectivity index (χ4n) is 1.79. The van der Waals surface area contributed by atoms with Gasteiger partial charge in [0.1, 0.15) is 24.2 Å². The number of carbonyl (C=O) groups is 4. The Morgan fingerprint density at radius 3 is 1.70 bits per heavy atom. The summed E-state index contributed by atoms with van der Waals surface area (Å²) in [4.78, 5) is 47.3. The highest BCUT2D eigenvalue weighted by atomic mass is 32.1. The van der Waals surface area contributed by atoms with E-state index in [-0.39, 0.29) is 11.5 Å². The summed E-state index contributed by atoms with van der Waals surface area (Å²) in [6, 6.07) is -5.28. The fraction of sp³-hybridized carbons (Fsp3) is 0.714. The van der Waals surface area contributed by atoms with Crippen molar-refractivity contribution in [3.8, 4) is 0 Å². The van der Waals surface area contributed by atoms with Crippen LogP contribution in [-0.2, 0) is 19.2 Å². The van der Waals surface area contributed by atoms with Gasteiger partial charge >= 0.3 is 5.97 Å². The average molecular weight is 427 g/mol. The van der Waals surface area contributed by atoms with Crippen LogP contribution >= 0.6 is 25.3 Å². The first-order valence-corrected chi connectivity index (χ1v) is 9.20. The molecular formula is C14H26N4O7S2. The van der Waals surface area contributed by atoms with E-state index in [9.17, 15) is 29.4 Å². The van der Waals surface area contributed by atoms with Crippen LogP contribution in [0.1, 0.15) is 13.8 Å². The molecule has 0 aromatic heterocycles. The fourth-order valence-corrected chi connectivity index (χ4v) is 2.29. The number of thiol groups is 2. The van der Waals surface area contributed by atoms with E-state index in [0.717, 1.165) is 0 Å². The minimum Gasteiger partial charge on any atom is -0.480 e. The quantitative estimate of drug-likeness (QED) is 0.152. The Morgan fingerprint density at radius 2 is 1.33 bits per heavy atom. The third kappa shape index (κ3) is 8.34. The van der Waals surface area contributed by atoms with E-state index in [2.05, 4.69) is 41.2 Å². The summed E-state index contributed by atoms with van der Waals surface area (Å²) >= 11 is 7.75. The molecule has 0 aromatic carbocycles. The summed E-state index contributed by atoms with van der Waals surface area (Å²) in [6.45, 7) is 2.51. The number of amides is 3. The molecule has 0 spiro atoms. The molecule has 0 aliphatic carbocycles. The first-order valence-electron chi connectivity index (χ1n) is 7.93. The van der Waals surface area contributed by atoms with Crippen molar-refractivity contribution in [2.45, 2.75) is 50.2 Å². The van der Waals surface area contributed by atoms with Crippen molar-refractivity contribution in [1.82, 2.24) is 16.0 Å². The Bertz CT molecular complexity index is 548. The molecule has 0 radical (unpaired) electrons. The maximum atomic E-state index is 12.3. The molecule has 0 fully saturated rings. The molecule has 0 aliphatic heterocycles. The van der Waals surface area contributed by atoms with Gasteiger partial charge in [-0.2, -0.15) is 25.3 Å². The van der Waals surface area contributed by atoms with Crippen LogP contribution in [-0.4, -0.2) is 86.9 Å². The Morgan fingerprint density at radius 1 is 0.852 bits per heavy atom. The molecule has 6 atom stereocenters. The lowest BCUT2D eigenvalue weighted by molar-refractivity contribution is -0.141. The van der Waals surface area contributed by atoms with Gasteiger partial charge in [0.25, 0.3) is 0 Å². The highest BCUT2D eigenvalue weighted by Crippen LogP contribution is 2.00. The van der Waals surface area contributed by atoms with Gasteiger partial charge in [-0.25, -0.2) is 4.79 Å². The van der Waals surface area contributed by atoms with Gasteiger partial charge in [0.05, 0.1) is 12.2 Å². The molecule has 0 aromatic rings. The topological polar surface area (TPSA) is 191 Å². The zero-order chi connectivity index (χ0) is 21.3. The lowest BCUT2D eigenvalue weighted by Gasteiger charge is -2.26. The van der Waals surface area contributed by atoms with Gasteiger partial charge in [0, 0.05) is 11.5 Å². The summed E-state index contributed by atoms with van der Waals surface area (Å²) in [7, 11) is 0. The summed E-state index contributed by atoms with van der Waals surface area (Å²) in [5.41, 5.74) is 5.47. The van der Waals surface area contributed by atoms with E-state index in [1.54, 1.807) is 0 Å². The molecule has 0 rings (SSSR count). The standard InChI is InChI=1S/C14H26N4O7S2/c1-5(19)9(15)12(22)18-10(6(2)20)13(23)16-7(3-26)11(21)17-8(4-27)14(24)25/h5-10,19-20,26-27H,3-4,15H2,1-2H3,(H,16,23)(H,17,21)(H,18,22)(H,24,25). The third-order valence-electron chi connectivity index (χ3n) is 3.50. The van der Waals surface area contributed by atoms with E-state index in [0.29, 0.717) is 0 Å². The number of carbonyl (C=O) groups excluding carboxylic acids is 3. The number of aliphatic carboxylic acids is 1. The van der Waals surface area contributed by atoms with E-state index in [1.165, 1.54) is 13.8 Å². The van der Waals surface area contributed by atoms with E-state index >= 15 is 0 Å². The third-order valence-corrected chi connectivity index (χ3v) is 4.23. The molecule has 156 valence electrons. The highest BCUT2D eigenvalue weighted by Gasteiger charge is 2.32. The van der Waals surface area contributed by atoms with Gasteiger partial charge < -0.3 is 37.0 Å². The van der Waals surface area contributed by atoms with Crippen molar-refractivity contribution in [3.63, 3.8) is 0 Å². The Kier molecular flexibility index (Phi) is 11.3. The van der Waals surface area contributed by atoms with E-state index in [4.69, 9.17) is 10.8 Å². The number of nitrogens with two attached hydrogens (primary N) is 1. The van der Waals surface area contributed by atoms with Crippen LogP contribution in [0.4, 0.5) is 0 Å². The molecule has 0 heterocycles. The van der Waals surface area contributed by atoms with E-state index < -0.39 is 60.1 Å². The lowest BCUT2D eigenvalue weighted by Crippen LogP contribution is -2.61. The summed E-state index contributed by atoms with van der Waals surface area (Å²) in [6.07, 6.45) is -2.53. The number of hydrogen-bond acceptors (Lipinski definition) is 9. The summed E-state index contributed by atoms with van der Waals surface area (Å²) < 4.78 is 0. The van der Waals surface area contributed by atoms with Crippen molar-refractivity contribution >= 4 is 48.9 Å². The lowest BCUT2D eigenvalue weighted by atomic mass is 10.1. The monoisotopic (exact) mass is 426 g/mol. The van der Waals surface area contributed by atoms with Crippen LogP contribution < -0.4 is 21.7 Å². The Labute approximate surface area is 167 Å². The molecule has 8 N–H and O–H groups in total. The van der Waals surface area contributed by atoms with Crippen molar-refractivity contribution in [1.29, 1.82) is 0 Å². The largest absolute Gasteiger partial charge is 0.480 e. The summed E-state index contributed by atoms with van der Waals surface area (Å²) in [5, 5.41) is 34.6. The molecule has 0 bridgehead atoms. The molecular weight excluding hydrogens is 400 g/mol. The molecule has 13 heteroatoms. The number of carboxylic acids is 1. The number of aliphatic hydroxyl groups excluding tert-OH is 2. The van der Waals surface area contributed by atoms with E-state index in [1.807, 2.05) is 0 Å². The van der Waals surface area contributed by atoms with Gasteiger partial charge in [-0.15, -0.1) is 0 Å². The molecule has 0 saturated carbocycles. The predicted octanol–water partition coefficient (Wildman–Crippen LogP) is -3.53. The van der Waals surface area contributed by atoms with Gasteiger partial charge in [-0.3, -0.25) is 14.4 Å². The van der Waals surface area contributed by atoms with Crippen LogP contribution in [0, 0.1) is 0 Å². The number of carboxylic acid groups (broad SMARTS) is 1. The van der Waals surface area contributed by atoms with Crippen LogP contribution in [0.2, 0.25) is 0 Å². The molecule has 11 nitrogen and oxygen atoms in total. The first-order chi connectivity index (χ1) is 12.5. The van der Waals surface area contributed by atoms with Gasteiger partial charge in [0.15, 0.2) is 0 Å². The Balaban J connectivity index is 5.10. The van der Waals surface area contributed by atoms with Crippen molar-refractivity contribution in [2.75, 3.05) is 11.5 Å². The second-order valence-corrected chi connectivity index (χ2v) is 6.55. The maximum absolute atomic E-state index is 12.3. The number of rotatable bonds is 11. The van der Waals surface area contributed by atoms with Gasteiger partial charge in [-0.1, -0.05) is 0 Å². The number of hydrogen-bond donors (Lipinski definition) is 9. The minimum absolute atomic E-state index is 0.169. The molecule has 6 unspecified atom stereocenters. The van der Waals surface area contributed by atoms with Crippen molar-refractivity contribution < 1.29 is 34.5 Å². The van der Waals surface area contributed by atoms with Crippen LogP contribution in [0.5, 0.6) is 0 Å². The van der Waals surface area contributed by atoms with Gasteiger partial charge in [0.2, 0.25) is 17.7 Å². The van der Waals surface area contributed by atoms with Crippen LogP contribution in [0.3, 0.4) is 0 Å². The second-order valence-electron chi connectivity index (χ2n) is 5.82. The Hall–Kier alpha value is -1.54. The normalized spacial score (nSPS) is 17.6. The van der Waals surface area contributed by atoms with Crippen LogP contribution in [0.15, 0.2) is 0 Å². The molecule has 0 saturated heterocycles. The highest BCUT2D eigenvalue weighted by molar-refractivity contribution is 7.80. The zero-order valence-corrected chi connectivity index (χ0v) is 16.6. The molecule has 3 amide bonds. The number of aliphatic hydroxyl groups is 2. The SMILES string of the molecule is CC(O)C(N)C(=O)NC(C(=O)NC(CS)C(=O)NC(CS)C(=O)O)C(C)O. The van der Waals surface area contributed by atoms with Crippen molar-refractivity contribution in [2.24, 2.45) is 5.73 Å². The second kappa shape index (κ2) is 12.0. The number of nitrogens with one attached hydrogen (secondary N) is 3. The van der Waals surface area contributed by atoms with Crippen LogP contribution in [0.25, 0.3) is 0 Å². The zero-order valence-electron chi connectivity index (χ0n) is 14.8. The van der Waals surface area contributed by atoms with Crippen molar-refractivity contribution in [3.05, 3.63) is 0 Å². The average Bonchev–Trinajstić information content (AvgIpc) is 2.59. The summed E-state index contributed by atoms with van der Waals surface area (Å²) in [5.74, 6) is -4.26.